The molecule has 20 heavy (non-hydrogen) atoms. The fraction of sp³-hybridized carbons (Fsp3) is 0.562. The lowest BCUT2D eigenvalue weighted by Crippen LogP contribution is -2.48. The van der Waals surface area contributed by atoms with Crippen molar-refractivity contribution in [2.45, 2.75) is 39.2 Å². The molecule has 2 rings (SSSR count). The summed E-state index contributed by atoms with van der Waals surface area (Å²) in [6.45, 7) is 5.76. The zero-order valence-electron chi connectivity index (χ0n) is 12.3. The zero-order chi connectivity index (χ0) is 14.4. The van der Waals surface area contributed by atoms with Crippen molar-refractivity contribution in [3.8, 4) is 5.75 Å². The first-order chi connectivity index (χ1) is 9.72. The molecule has 1 aliphatic heterocycles. The summed E-state index contributed by atoms with van der Waals surface area (Å²) in [6, 6.07) is 7.50. The standard InChI is InChI=1S/C16H24N2O2/c1-3-11-20-14-9-5-4-8-13(14)18-16(19)15-12(2)7-6-10-17-15/h4-5,8-9,12,15,17H,3,6-7,10-11H2,1-2H3,(H,18,19). The Morgan fingerprint density at radius 2 is 2.25 bits per heavy atom. The quantitative estimate of drug-likeness (QED) is 0.869. The van der Waals surface area contributed by atoms with E-state index in [2.05, 4.69) is 24.5 Å². The minimum absolute atomic E-state index is 0.0322. The molecule has 1 aliphatic rings. The molecule has 0 saturated carbocycles. The Kier molecular flexibility index (Phi) is 5.41. The number of carbonyl (C=O) groups is 1. The van der Waals surface area contributed by atoms with E-state index in [0.717, 1.165) is 37.2 Å². The van der Waals surface area contributed by atoms with Gasteiger partial charge in [-0.25, -0.2) is 0 Å². The molecule has 0 aromatic heterocycles. The van der Waals surface area contributed by atoms with Crippen LogP contribution in [-0.2, 0) is 4.79 Å². The maximum atomic E-state index is 12.4. The van der Waals surface area contributed by atoms with Gasteiger partial charge >= 0.3 is 0 Å². The van der Waals surface area contributed by atoms with Crippen LogP contribution in [0.1, 0.15) is 33.1 Å². The van der Waals surface area contributed by atoms with E-state index >= 15 is 0 Å². The van der Waals surface area contributed by atoms with Crippen LogP contribution in [0.2, 0.25) is 0 Å². The minimum atomic E-state index is -0.108. The SMILES string of the molecule is CCCOc1ccccc1NC(=O)C1NCCCC1C. The summed E-state index contributed by atoms with van der Waals surface area (Å²) in [5.41, 5.74) is 0.755. The van der Waals surface area contributed by atoms with Crippen molar-refractivity contribution in [2.24, 2.45) is 5.92 Å². The summed E-state index contributed by atoms with van der Waals surface area (Å²) >= 11 is 0. The molecule has 2 unspecified atom stereocenters. The monoisotopic (exact) mass is 276 g/mol. The molecule has 1 aromatic rings. The normalized spacial score (nSPS) is 22.3. The predicted molar refractivity (Wildman–Crippen MR) is 81.0 cm³/mol. The van der Waals surface area contributed by atoms with Crippen LogP contribution in [0.5, 0.6) is 5.75 Å². The Morgan fingerprint density at radius 1 is 1.45 bits per heavy atom. The van der Waals surface area contributed by atoms with Crippen LogP contribution in [0, 0.1) is 5.92 Å². The molecule has 0 aliphatic carbocycles. The summed E-state index contributed by atoms with van der Waals surface area (Å²) in [5.74, 6) is 1.14. The first-order valence-corrected chi connectivity index (χ1v) is 7.48. The van der Waals surface area contributed by atoms with Crippen molar-refractivity contribution < 1.29 is 9.53 Å². The van der Waals surface area contributed by atoms with Gasteiger partial charge in [0.2, 0.25) is 5.91 Å². The Morgan fingerprint density at radius 3 is 3.00 bits per heavy atom. The summed E-state index contributed by atoms with van der Waals surface area (Å²) in [5, 5.41) is 6.29. The molecule has 4 heteroatoms. The van der Waals surface area contributed by atoms with Crippen molar-refractivity contribution >= 4 is 11.6 Å². The fourth-order valence-electron chi connectivity index (χ4n) is 2.52. The van der Waals surface area contributed by atoms with Crippen molar-refractivity contribution in [2.75, 3.05) is 18.5 Å². The van der Waals surface area contributed by atoms with Gasteiger partial charge in [-0.15, -0.1) is 0 Å². The number of anilines is 1. The molecule has 0 bridgehead atoms. The van der Waals surface area contributed by atoms with Crippen molar-refractivity contribution in [1.82, 2.24) is 5.32 Å². The molecular weight excluding hydrogens is 252 g/mol. The van der Waals surface area contributed by atoms with E-state index in [1.54, 1.807) is 0 Å². The number of carbonyl (C=O) groups excluding carboxylic acids is 1. The molecule has 2 atom stereocenters. The van der Waals surface area contributed by atoms with Gasteiger partial charge in [-0.05, 0) is 43.9 Å². The number of piperidine rings is 1. The van der Waals surface area contributed by atoms with Crippen molar-refractivity contribution in [3.63, 3.8) is 0 Å². The third-order valence-electron chi connectivity index (χ3n) is 3.66. The van der Waals surface area contributed by atoms with E-state index in [0.29, 0.717) is 12.5 Å². The lowest BCUT2D eigenvalue weighted by molar-refractivity contribution is -0.119. The minimum Gasteiger partial charge on any atom is -0.491 e. The number of ether oxygens (including phenoxy) is 1. The Hall–Kier alpha value is -1.55. The Labute approximate surface area is 120 Å². The van der Waals surface area contributed by atoms with Gasteiger partial charge in [0.25, 0.3) is 0 Å². The van der Waals surface area contributed by atoms with E-state index in [-0.39, 0.29) is 11.9 Å². The highest BCUT2D eigenvalue weighted by molar-refractivity contribution is 5.96. The van der Waals surface area contributed by atoms with Gasteiger partial charge in [-0.3, -0.25) is 4.79 Å². The maximum absolute atomic E-state index is 12.4. The number of rotatable bonds is 5. The maximum Gasteiger partial charge on any atom is 0.241 e. The molecule has 1 fully saturated rings. The average molecular weight is 276 g/mol. The third-order valence-corrected chi connectivity index (χ3v) is 3.66. The Balaban J connectivity index is 2.03. The van der Waals surface area contributed by atoms with Crippen LogP contribution in [-0.4, -0.2) is 25.1 Å². The second kappa shape index (κ2) is 7.29. The topological polar surface area (TPSA) is 50.4 Å². The summed E-state index contributed by atoms with van der Waals surface area (Å²) in [7, 11) is 0. The van der Waals surface area contributed by atoms with Crippen LogP contribution in [0.3, 0.4) is 0 Å². The van der Waals surface area contributed by atoms with Crippen LogP contribution < -0.4 is 15.4 Å². The second-order valence-electron chi connectivity index (χ2n) is 5.39. The second-order valence-corrected chi connectivity index (χ2v) is 5.39. The lowest BCUT2D eigenvalue weighted by Gasteiger charge is -2.29. The van der Waals surface area contributed by atoms with Crippen LogP contribution in [0.15, 0.2) is 24.3 Å². The molecule has 2 N–H and O–H groups in total. The largest absolute Gasteiger partial charge is 0.491 e. The van der Waals surface area contributed by atoms with Crippen molar-refractivity contribution in [3.05, 3.63) is 24.3 Å². The van der Waals surface area contributed by atoms with Gasteiger partial charge < -0.3 is 15.4 Å². The molecule has 0 radical (unpaired) electrons. The van der Waals surface area contributed by atoms with E-state index in [1.165, 1.54) is 0 Å². The molecule has 1 saturated heterocycles. The first kappa shape index (κ1) is 14.9. The Bertz CT molecular complexity index is 448. The molecule has 1 aromatic carbocycles. The van der Waals surface area contributed by atoms with E-state index < -0.39 is 0 Å². The molecular formula is C16H24N2O2. The fourth-order valence-corrected chi connectivity index (χ4v) is 2.52. The third kappa shape index (κ3) is 3.73. The highest BCUT2D eigenvalue weighted by Gasteiger charge is 2.27. The summed E-state index contributed by atoms with van der Waals surface area (Å²) in [4.78, 5) is 12.4. The van der Waals surface area contributed by atoms with E-state index in [1.807, 2.05) is 24.3 Å². The van der Waals surface area contributed by atoms with Gasteiger partial charge in [0.15, 0.2) is 0 Å². The van der Waals surface area contributed by atoms with E-state index in [9.17, 15) is 4.79 Å². The summed E-state index contributed by atoms with van der Waals surface area (Å²) < 4.78 is 5.67. The molecule has 1 amide bonds. The number of para-hydroxylation sites is 2. The number of amides is 1. The highest BCUT2D eigenvalue weighted by atomic mass is 16.5. The number of hydrogen-bond donors (Lipinski definition) is 2. The van der Waals surface area contributed by atoms with E-state index in [4.69, 9.17) is 4.74 Å². The molecule has 0 spiro atoms. The lowest BCUT2D eigenvalue weighted by atomic mass is 9.92. The molecule has 110 valence electrons. The van der Waals surface area contributed by atoms with Crippen LogP contribution in [0.4, 0.5) is 5.69 Å². The van der Waals surface area contributed by atoms with Crippen LogP contribution >= 0.6 is 0 Å². The zero-order valence-corrected chi connectivity index (χ0v) is 12.3. The van der Waals surface area contributed by atoms with Gasteiger partial charge in [-0.2, -0.15) is 0 Å². The molecule has 4 nitrogen and oxygen atoms in total. The molecule has 1 heterocycles. The van der Waals surface area contributed by atoms with Gasteiger partial charge in [-0.1, -0.05) is 26.0 Å². The number of benzene rings is 1. The predicted octanol–water partition coefficient (Wildman–Crippen LogP) is 2.80. The smallest absolute Gasteiger partial charge is 0.241 e. The number of hydrogen-bond acceptors (Lipinski definition) is 3. The van der Waals surface area contributed by atoms with Crippen LogP contribution in [0.25, 0.3) is 0 Å². The number of nitrogens with one attached hydrogen (secondary N) is 2. The van der Waals surface area contributed by atoms with Crippen molar-refractivity contribution in [1.29, 1.82) is 0 Å². The van der Waals surface area contributed by atoms with Gasteiger partial charge in [0.1, 0.15) is 5.75 Å². The first-order valence-electron chi connectivity index (χ1n) is 7.48. The van der Waals surface area contributed by atoms with Gasteiger partial charge in [0.05, 0.1) is 18.3 Å². The summed E-state index contributed by atoms with van der Waals surface area (Å²) in [6.07, 6.45) is 3.18. The highest BCUT2D eigenvalue weighted by Crippen LogP contribution is 2.25. The van der Waals surface area contributed by atoms with Gasteiger partial charge in [0, 0.05) is 0 Å². The average Bonchev–Trinajstić information content (AvgIpc) is 2.46.